The number of aromatic amines is 1. The molecule has 0 spiro atoms. The van der Waals surface area contributed by atoms with Gasteiger partial charge in [-0.1, -0.05) is 49.7 Å². The Bertz CT molecular complexity index is 951. The molecule has 3 rings (SSSR count). The number of aryl methyl sites for hydroxylation is 1. The van der Waals surface area contributed by atoms with E-state index >= 15 is 0 Å². The van der Waals surface area contributed by atoms with Gasteiger partial charge in [0.15, 0.2) is 5.82 Å². The van der Waals surface area contributed by atoms with Crippen LogP contribution in [0.2, 0.25) is 5.15 Å². The molecular formula is C20H20ClN5. The molecular weight excluding hydrogens is 346 g/mol. The van der Waals surface area contributed by atoms with Crippen molar-refractivity contribution in [2.24, 2.45) is 5.92 Å². The van der Waals surface area contributed by atoms with E-state index in [1.807, 2.05) is 31.2 Å². The molecule has 2 heterocycles. The summed E-state index contributed by atoms with van der Waals surface area (Å²) in [4.78, 5) is 7.85. The van der Waals surface area contributed by atoms with Crippen molar-refractivity contribution in [2.75, 3.05) is 5.32 Å². The first kappa shape index (κ1) is 18.0. The monoisotopic (exact) mass is 365 g/mol. The van der Waals surface area contributed by atoms with Gasteiger partial charge in [0.2, 0.25) is 5.69 Å². The minimum atomic E-state index is 0.179. The fourth-order valence-corrected chi connectivity index (χ4v) is 3.04. The highest BCUT2D eigenvalue weighted by atomic mass is 35.5. The topological polar surface area (TPSA) is 58.0 Å². The van der Waals surface area contributed by atoms with Crippen molar-refractivity contribution < 1.29 is 0 Å². The van der Waals surface area contributed by atoms with Crippen LogP contribution in [0.4, 0.5) is 17.3 Å². The van der Waals surface area contributed by atoms with Gasteiger partial charge in [-0.3, -0.25) is 5.10 Å². The summed E-state index contributed by atoms with van der Waals surface area (Å²) in [5.41, 5.74) is 4.27. The van der Waals surface area contributed by atoms with Gasteiger partial charge in [0.25, 0.3) is 0 Å². The predicted octanol–water partition coefficient (Wildman–Crippen LogP) is 5.93. The molecule has 0 aliphatic heterocycles. The van der Waals surface area contributed by atoms with Gasteiger partial charge in [0.1, 0.15) is 11.0 Å². The second-order valence-electron chi connectivity index (χ2n) is 6.66. The van der Waals surface area contributed by atoms with E-state index in [1.54, 1.807) is 0 Å². The number of hydrogen-bond donors (Lipinski definition) is 2. The number of rotatable bonds is 5. The number of benzene rings is 1. The fraction of sp³-hybridized carbons (Fsp3) is 0.250. The number of H-pyrrole nitrogens is 1. The maximum Gasteiger partial charge on any atom is 0.231 e. The average Bonchev–Trinajstić information content (AvgIpc) is 2.99. The zero-order valence-electron chi connectivity index (χ0n) is 15.0. The van der Waals surface area contributed by atoms with Gasteiger partial charge in [-0.25, -0.2) is 9.83 Å². The first-order chi connectivity index (χ1) is 12.5. The molecule has 0 atom stereocenters. The quantitative estimate of drug-likeness (QED) is 0.435. The molecule has 5 nitrogen and oxygen atoms in total. The van der Waals surface area contributed by atoms with Crippen LogP contribution in [0.15, 0.2) is 36.4 Å². The normalized spacial score (nSPS) is 10.8. The minimum absolute atomic E-state index is 0.179. The van der Waals surface area contributed by atoms with Crippen molar-refractivity contribution in [3.63, 3.8) is 0 Å². The lowest BCUT2D eigenvalue weighted by Crippen LogP contribution is -1.96. The van der Waals surface area contributed by atoms with Crippen LogP contribution in [0.1, 0.15) is 25.1 Å². The van der Waals surface area contributed by atoms with Crippen LogP contribution in [0.3, 0.4) is 0 Å². The predicted molar refractivity (Wildman–Crippen MR) is 106 cm³/mol. The standard InChI is InChI=1S/C20H20ClN5/c1-12(2)9-14-5-7-15(8-6-14)16-11-17(24-20(21)19(16)22-4)23-18-10-13(3)25-26-18/h5-8,10-12H,9H2,1-3H3,(H2,23,24,25,26). The zero-order chi connectivity index (χ0) is 18.7. The van der Waals surface area contributed by atoms with E-state index in [1.165, 1.54) is 5.56 Å². The van der Waals surface area contributed by atoms with E-state index in [0.29, 0.717) is 23.2 Å². The molecule has 0 amide bonds. The summed E-state index contributed by atoms with van der Waals surface area (Å²) < 4.78 is 0. The molecule has 0 unspecified atom stereocenters. The van der Waals surface area contributed by atoms with Crippen LogP contribution >= 0.6 is 11.6 Å². The lowest BCUT2D eigenvalue weighted by atomic mass is 9.99. The third-order valence-corrected chi connectivity index (χ3v) is 4.20. The molecule has 0 aliphatic carbocycles. The Balaban J connectivity index is 1.98. The summed E-state index contributed by atoms with van der Waals surface area (Å²) in [7, 11) is 0. The number of anilines is 2. The summed E-state index contributed by atoms with van der Waals surface area (Å²) in [6.45, 7) is 13.8. The molecule has 2 aromatic heterocycles. The van der Waals surface area contributed by atoms with Gasteiger partial charge in [0.05, 0.1) is 6.57 Å². The maximum atomic E-state index is 7.47. The number of hydrogen-bond acceptors (Lipinski definition) is 3. The van der Waals surface area contributed by atoms with Gasteiger partial charge in [-0.05, 0) is 42.0 Å². The van der Waals surface area contributed by atoms with Gasteiger partial charge in [-0.2, -0.15) is 5.10 Å². The Morgan fingerprint density at radius 2 is 1.92 bits per heavy atom. The highest BCUT2D eigenvalue weighted by molar-refractivity contribution is 6.33. The van der Waals surface area contributed by atoms with Crippen LogP contribution in [0, 0.1) is 19.4 Å². The van der Waals surface area contributed by atoms with Crippen LogP contribution in [-0.4, -0.2) is 15.2 Å². The Labute approximate surface area is 158 Å². The highest BCUT2D eigenvalue weighted by Crippen LogP contribution is 2.38. The number of nitrogens with one attached hydrogen (secondary N) is 2. The van der Waals surface area contributed by atoms with Gasteiger partial charge in [-0.15, -0.1) is 0 Å². The smallest absolute Gasteiger partial charge is 0.231 e. The van der Waals surface area contributed by atoms with Crippen LogP contribution in [0.5, 0.6) is 0 Å². The molecule has 0 bridgehead atoms. The van der Waals surface area contributed by atoms with Crippen molar-refractivity contribution in [2.45, 2.75) is 27.2 Å². The van der Waals surface area contributed by atoms with Crippen LogP contribution in [-0.2, 0) is 6.42 Å². The van der Waals surface area contributed by atoms with Gasteiger partial charge >= 0.3 is 0 Å². The van der Waals surface area contributed by atoms with Crippen molar-refractivity contribution >= 4 is 28.9 Å². The molecule has 132 valence electrons. The second kappa shape index (κ2) is 7.59. The molecule has 6 heteroatoms. The largest absolute Gasteiger partial charge is 0.323 e. The summed E-state index contributed by atoms with van der Waals surface area (Å²) in [5, 5.41) is 10.3. The number of nitrogens with zero attached hydrogens (tertiary/aromatic N) is 3. The molecule has 0 saturated heterocycles. The SMILES string of the molecule is [C-]#[N+]c1c(-c2ccc(CC(C)C)cc2)cc(Nc2cc(C)[nH]n2)nc1Cl. The molecule has 0 radical (unpaired) electrons. The lowest BCUT2D eigenvalue weighted by Gasteiger charge is -2.11. The van der Waals surface area contributed by atoms with Crippen molar-refractivity contribution in [3.8, 4) is 11.1 Å². The van der Waals surface area contributed by atoms with E-state index in [-0.39, 0.29) is 5.15 Å². The molecule has 26 heavy (non-hydrogen) atoms. The zero-order valence-corrected chi connectivity index (χ0v) is 15.7. The Morgan fingerprint density at radius 3 is 2.50 bits per heavy atom. The lowest BCUT2D eigenvalue weighted by molar-refractivity contribution is 0.647. The maximum absolute atomic E-state index is 7.47. The number of aromatic nitrogens is 3. The highest BCUT2D eigenvalue weighted by Gasteiger charge is 2.14. The Kier molecular flexibility index (Phi) is 5.24. The van der Waals surface area contributed by atoms with Gasteiger partial charge in [0, 0.05) is 11.8 Å². The molecule has 0 fully saturated rings. The molecule has 0 aliphatic rings. The summed E-state index contributed by atoms with van der Waals surface area (Å²) in [6, 6.07) is 12.0. The Morgan fingerprint density at radius 1 is 1.19 bits per heavy atom. The molecule has 1 aromatic carbocycles. The van der Waals surface area contributed by atoms with Crippen LogP contribution < -0.4 is 5.32 Å². The summed E-state index contributed by atoms with van der Waals surface area (Å²) >= 11 is 6.26. The van der Waals surface area contributed by atoms with E-state index in [2.05, 4.69) is 51.3 Å². The third-order valence-electron chi connectivity index (χ3n) is 3.93. The fourth-order valence-electron chi connectivity index (χ4n) is 2.80. The average molecular weight is 366 g/mol. The van der Waals surface area contributed by atoms with E-state index < -0.39 is 0 Å². The van der Waals surface area contributed by atoms with E-state index in [0.717, 1.165) is 23.2 Å². The van der Waals surface area contributed by atoms with Crippen molar-refractivity contribution in [3.05, 3.63) is 64.2 Å². The van der Waals surface area contributed by atoms with Crippen molar-refractivity contribution in [1.82, 2.24) is 15.2 Å². The molecule has 2 N–H and O–H groups in total. The third kappa shape index (κ3) is 4.04. The molecule has 3 aromatic rings. The summed E-state index contributed by atoms with van der Waals surface area (Å²) in [5.74, 6) is 1.80. The van der Waals surface area contributed by atoms with Crippen LogP contribution in [0.25, 0.3) is 16.0 Å². The number of pyridine rings is 1. The van der Waals surface area contributed by atoms with Gasteiger partial charge < -0.3 is 5.32 Å². The number of halogens is 1. The first-order valence-corrected chi connectivity index (χ1v) is 8.80. The molecule has 0 saturated carbocycles. The van der Waals surface area contributed by atoms with E-state index in [4.69, 9.17) is 18.2 Å². The summed E-state index contributed by atoms with van der Waals surface area (Å²) in [6.07, 6.45) is 1.03. The second-order valence-corrected chi connectivity index (χ2v) is 7.02. The minimum Gasteiger partial charge on any atom is -0.323 e. The first-order valence-electron chi connectivity index (χ1n) is 8.42. The van der Waals surface area contributed by atoms with E-state index in [9.17, 15) is 0 Å². The van der Waals surface area contributed by atoms with Crippen molar-refractivity contribution in [1.29, 1.82) is 0 Å². The Hall–Kier alpha value is -2.84.